The monoisotopic (exact) mass is 627 g/mol. The number of aryl methyl sites for hydroxylation is 1. The van der Waals surface area contributed by atoms with E-state index >= 15 is 0 Å². The minimum Gasteiger partial charge on any atom is -0.454 e. The minimum atomic E-state index is -4.15. The van der Waals surface area contributed by atoms with E-state index in [4.69, 9.17) is 4.74 Å². The van der Waals surface area contributed by atoms with Gasteiger partial charge >= 0.3 is 10.9 Å². The van der Waals surface area contributed by atoms with Gasteiger partial charge in [0, 0.05) is 31.0 Å². The molecule has 7 rings (SSSR count). The number of hydrogen-bond donors (Lipinski definition) is 0. The number of unbranched alkanes of at least 4 members (excludes halogenated alkanes) is 3. The second kappa shape index (κ2) is 11.6. The molecule has 0 saturated heterocycles. The van der Waals surface area contributed by atoms with Crippen LogP contribution >= 0.6 is 0 Å². The number of nitrogens with zero attached hydrogens (tertiary/aromatic N) is 5. The molecule has 1 amide bonds. The predicted octanol–water partition coefficient (Wildman–Crippen LogP) is 4.88. The molecule has 3 aromatic carbocycles. The maximum Gasteiger partial charge on any atom is 0.414 e. The van der Waals surface area contributed by atoms with Crippen LogP contribution in [0.15, 0.2) is 93.4 Å². The van der Waals surface area contributed by atoms with Crippen LogP contribution in [0, 0.1) is 5.21 Å². The zero-order chi connectivity index (χ0) is 31.1. The third kappa shape index (κ3) is 4.89. The molecule has 0 bridgehead atoms. The number of amides is 1. The summed E-state index contributed by atoms with van der Waals surface area (Å²) in [5, 5.41) is 16.3. The highest BCUT2D eigenvalue weighted by atomic mass is 32.2. The van der Waals surface area contributed by atoms with Crippen LogP contribution in [0.25, 0.3) is 10.9 Å². The second-order valence-corrected chi connectivity index (χ2v) is 13.3. The molecule has 0 saturated carbocycles. The van der Waals surface area contributed by atoms with Crippen LogP contribution in [0.5, 0.6) is 5.88 Å². The lowest BCUT2D eigenvalue weighted by atomic mass is 9.96. The molecule has 0 aliphatic carbocycles. The number of aromatic nitrogens is 3. The molecule has 45 heavy (non-hydrogen) atoms. The Kier molecular flexibility index (Phi) is 7.44. The largest absolute Gasteiger partial charge is 0.454 e. The Bertz CT molecular complexity index is 1990. The number of carbonyl (C=O) groups excluding carboxylic acids is 1. The van der Waals surface area contributed by atoms with E-state index in [0.29, 0.717) is 13.0 Å². The zero-order valence-electron chi connectivity index (χ0n) is 24.8. The van der Waals surface area contributed by atoms with E-state index in [1.807, 2.05) is 29.2 Å². The average Bonchev–Trinajstić information content (AvgIpc) is 3.60. The molecule has 2 aliphatic heterocycles. The number of anilines is 1. The van der Waals surface area contributed by atoms with E-state index in [0.717, 1.165) is 43.5 Å². The van der Waals surface area contributed by atoms with Gasteiger partial charge in [0.05, 0.1) is 33.6 Å². The van der Waals surface area contributed by atoms with Gasteiger partial charge in [0.2, 0.25) is 0 Å². The first kappa shape index (κ1) is 28.9. The first-order valence-electron chi connectivity index (χ1n) is 15.1. The lowest BCUT2D eigenvalue weighted by Gasteiger charge is -2.46. The number of benzene rings is 3. The number of rotatable bonds is 10. The van der Waals surface area contributed by atoms with Crippen LogP contribution in [0.4, 0.5) is 5.69 Å². The summed E-state index contributed by atoms with van der Waals surface area (Å²) in [4.78, 5) is 17.6. The lowest BCUT2D eigenvalue weighted by molar-refractivity contribution is -0.832. The number of hydrogen-bond acceptors (Lipinski definition) is 8. The summed E-state index contributed by atoms with van der Waals surface area (Å²) < 4.78 is 38.5. The third-order valence-electron chi connectivity index (χ3n) is 8.77. The predicted molar refractivity (Wildman–Crippen MR) is 166 cm³/mol. The number of fused-ring (bicyclic) bond motifs is 6. The van der Waals surface area contributed by atoms with Crippen LogP contribution in [-0.2, 0) is 22.8 Å². The number of para-hydroxylation sites is 2. The first-order valence-corrected chi connectivity index (χ1v) is 16.6. The van der Waals surface area contributed by atoms with Crippen molar-refractivity contribution in [3.05, 3.63) is 101 Å². The molecule has 0 N–H and O–H groups in total. The van der Waals surface area contributed by atoms with Gasteiger partial charge in [-0.1, -0.05) is 55.0 Å². The molecular formula is C33H33N5O6S. The SMILES string of the molecule is CN1c2ccccc2C(=O)N2CCc3c(n(CCCCCCOc4no[n+]([O-])c4S(=O)(=O)c4ccccc4)c4ccccc34)C21. The van der Waals surface area contributed by atoms with Crippen molar-refractivity contribution in [3.63, 3.8) is 0 Å². The molecule has 2 aliphatic rings. The van der Waals surface area contributed by atoms with Gasteiger partial charge in [0.15, 0.2) is 0 Å². The molecule has 1 atom stereocenters. The van der Waals surface area contributed by atoms with E-state index in [1.165, 1.54) is 34.3 Å². The maximum absolute atomic E-state index is 13.6. The summed E-state index contributed by atoms with van der Waals surface area (Å²) >= 11 is 0. The van der Waals surface area contributed by atoms with Crippen molar-refractivity contribution in [2.45, 2.75) is 54.7 Å². The van der Waals surface area contributed by atoms with E-state index in [9.17, 15) is 18.4 Å². The first-order chi connectivity index (χ1) is 21.9. The van der Waals surface area contributed by atoms with E-state index < -0.39 is 14.9 Å². The minimum absolute atomic E-state index is 0.0431. The summed E-state index contributed by atoms with van der Waals surface area (Å²) in [6.45, 7) is 1.66. The Hall–Kier alpha value is -4.84. The Balaban J connectivity index is 1.03. The van der Waals surface area contributed by atoms with E-state index in [1.54, 1.807) is 18.2 Å². The fourth-order valence-corrected chi connectivity index (χ4v) is 7.98. The Morgan fingerprint density at radius 3 is 2.56 bits per heavy atom. The molecule has 4 heterocycles. The van der Waals surface area contributed by atoms with Crippen LogP contribution in [0.3, 0.4) is 0 Å². The third-order valence-corrected chi connectivity index (χ3v) is 10.5. The van der Waals surface area contributed by atoms with Gasteiger partial charge in [-0.05, 0) is 66.5 Å². The molecule has 0 radical (unpaired) electrons. The standard InChI is InChI=1S/C33H33N5O6S/c1-35-27-17-9-8-16-26(27)32(39)37-21-19-25-24-15-7-10-18-28(24)36(29(25)31(35)37)20-11-2-3-12-22-43-30-33(38(40)44-34-30)45(41,42)23-13-5-4-6-14-23/h4-10,13-18,31H,2-3,11-12,19-22H2,1H3. The van der Waals surface area contributed by atoms with Gasteiger partial charge in [-0.25, -0.2) is 8.42 Å². The average molecular weight is 628 g/mol. The van der Waals surface area contributed by atoms with Crippen molar-refractivity contribution >= 4 is 32.3 Å². The molecule has 5 aromatic rings. The highest BCUT2D eigenvalue weighted by Crippen LogP contribution is 2.44. The summed E-state index contributed by atoms with van der Waals surface area (Å²) in [7, 11) is -2.08. The molecule has 0 fully saturated rings. The van der Waals surface area contributed by atoms with Crippen molar-refractivity contribution in [2.24, 2.45) is 0 Å². The molecule has 1 unspecified atom stereocenters. The zero-order valence-corrected chi connectivity index (χ0v) is 25.7. The molecular weight excluding hydrogens is 594 g/mol. The smallest absolute Gasteiger partial charge is 0.414 e. The Morgan fingerprint density at radius 1 is 0.978 bits per heavy atom. The van der Waals surface area contributed by atoms with Crippen molar-refractivity contribution < 1.29 is 27.5 Å². The second-order valence-electron chi connectivity index (χ2n) is 11.4. The van der Waals surface area contributed by atoms with Gasteiger partial charge < -0.3 is 24.3 Å². The quantitative estimate of drug-likeness (QED) is 0.159. The van der Waals surface area contributed by atoms with Gasteiger partial charge in [0.1, 0.15) is 6.17 Å². The number of carbonyl (C=O) groups is 1. The summed E-state index contributed by atoms with van der Waals surface area (Å²) in [6.07, 6.45) is 3.93. The van der Waals surface area contributed by atoms with Crippen LogP contribution < -0.4 is 14.5 Å². The van der Waals surface area contributed by atoms with E-state index in [2.05, 4.69) is 50.6 Å². The summed E-state index contributed by atoms with van der Waals surface area (Å²) in [6, 6.07) is 23.9. The van der Waals surface area contributed by atoms with Crippen molar-refractivity contribution in [1.29, 1.82) is 0 Å². The molecule has 232 valence electrons. The molecule has 11 nitrogen and oxygen atoms in total. The van der Waals surface area contributed by atoms with Gasteiger partial charge in [-0.3, -0.25) is 9.42 Å². The lowest BCUT2D eigenvalue weighted by Crippen LogP contribution is -2.51. The Morgan fingerprint density at radius 2 is 1.71 bits per heavy atom. The van der Waals surface area contributed by atoms with Crippen LogP contribution in [0.1, 0.15) is 53.5 Å². The fourth-order valence-electron chi connectivity index (χ4n) is 6.68. The summed E-state index contributed by atoms with van der Waals surface area (Å²) in [5.74, 6) is -0.262. The molecule has 12 heteroatoms. The van der Waals surface area contributed by atoms with Crippen LogP contribution in [-0.4, -0.2) is 49.1 Å². The van der Waals surface area contributed by atoms with E-state index in [-0.39, 0.29) is 34.4 Å². The van der Waals surface area contributed by atoms with Crippen molar-refractivity contribution in [3.8, 4) is 5.88 Å². The highest BCUT2D eigenvalue weighted by molar-refractivity contribution is 7.91. The van der Waals surface area contributed by atoms with Crippen molar-refractivity contribution in [2.75, 3.05) is 25.1 Å². The molecule has 2 aromatic heterocycles. The topological polar surface area (TPSA) is 125 Å². The van der Waals surface area contributed by atoms with Gasteiger partial charge in [0.25, 0.3) is 15.7 Å². The Labute approximate surface area is 260 Å². The van der Waals surface area contributed by atoms with Crippen molar-refractivity contribution in [1.82, 2.24) is 14.6 Å². The summed E-state index contributed by atoms with van der Waals surface area (Å²) in [5.41, 5.74) is 5.35. The normalized spacial score (nSPS) is 16.0. The van der Waals surface area contributed by atoms with Crippen LogP contribution in [0.2, 0.25) is 0 Å². The number of ether oxygens (including phenoxy) is 1. The highest BCUT2D eigenvalue weighted by Gasteiger charge is 2.42. The fraction of sp³-hybridized carbons (Fsp3) is 0.303. The van der Waals surface area contributed by atoms with Gasteiger partial charge in [-0.2, -0.15) is 0 Å². The molecule has 0 spiro atoms. The number of sulfone groups is 1. The maximum atomic E-state index is 13.6. The van der Waals surface area contributed by atoms with Gasteiger partial charge in [-0.15, -0.1) is 0 Å².